The zero-order valence-corrected chi connectivity index (χ0v) is 13.1. The molecule has 20 heavy (non-hydrogen) atoms. The van der Waals surface area contributed by atoms with Gasteiger partial charge in [-0.3, -0.25) is 0 Å². The maximum Gasteiger partial charge on any atom is 0.233 e. The van der Waals surface area contributed by atoms with Crippen LogP contribution in [0, 0.1) is 6.92 Å². The number of hydrogen-bond donors (Lipinski definition) is 1. The first kappa shape index (κ1) is 14.8. The largest absolute Gasteiger partial charge is 0.490 e. The number of nitrogens with zero attached hydrogens (tertiary/aromatic N) is 1. The van der Waals surface area contributed by atoms with Crippen LogP contribution in [0.4, 0.5) is 0 Å². The molecule has 1 aromatic heterocycles. The molecule has 0 saturated carbocycles. The molecule has 0 fully saturated rings. The Morgan fingerprint density at radius 1 is 1.25 bits per heavy atom. The molecule has 5 heteroatoms. The van der Waals surface area contributed by atoms with E-state index in [2.05, 4.69) is 20.9 Å². The minimum absolute atomic E-state index is 0.465. The summed E-state index contributed by atoms with van der Waals surface area (Å²) in [6.07, 6.45) is 1.76. The first-order valence-corrected chi connectivity index (χ1v) is 7.19. The Morgan fingerprint density at radius 3 is 2.70 bits per heavy atom. The van der Waals surface area contributed by atoms with E-state index in [1.54, 1.807) is 6.20 Å². The fourth-order valence-corrected chi connectivity index (χ4v) is 2.28. The second kappa shape index (κ2) is 6.72. The first-order valence-electron chi connectivity index (χ1n) is 6.39. The highest BCUT2D eigenvalue weighted by molar-refractivity contribution is 9.10. The van der Waals surface area contributed by atoms with E-state index >= 15 is 0 Å². The van der Waals surface area contributed by atoms with Crippen molar-refractivity contribution in [2.45, 2.75) is 20.4 Å². The summed E-state index contributed by atoms with van der Waals surface area (Å²) in [4.78, 5) is 4.27. The molecule has 0 aliphatic carbocycles. The predicted octanol–water partition coefficient (Wildman–Crippen LogP) is 3.80. The average molecular weight is 337 g/mol. The van der Waals surface area contributed by atoms with Crippen molar-refractivity contribution in [3.05, 3.63) is 46.1 Å². The lowest BCUT2D eigenvalue weighted by molar-refractivity contribution is 0.319. The molecule has 4 nitrogen and oxygen atoms in total. The monoisotopic (exact) mass is 336 g/mol. The van der Waals surface area contributed by atoms with Gasteiger partial charge in [-0.25, -0.2) is 4.98 Å². The lowest BCUT2D eigenvalue weighted by Gasteiger charge is -2.13. The van der Waals surface area contributed by atoms with Crippen molar-refractivity contribution >= 4 is 15.9 Å². The van der Waals surface area contributed by atoms with Gasteiger partial charge in [0.05, 0.1) is 11.1 Å². The zero-order valence-electron chi connectivity index (χ0n) is 11.5. The third-order valence-electron chi connectivity index (χ3n) is 2.69. The molecule has 0 atom stereocenters. The van der Waals surface area contributed by atoms with E-state index in [1.807, 2.05) is 38.1 Å². The molecule has 2 aromatic rings. The number of aromatic nitrogens is 1. The van der Waals surface area contributed by atoms with Gasteiger partial charge in [-0.1, -0.05) is 6.07 Å². The average Bonchev–Trinajstić information content (AvgIpc) is 2.43. The van der Waals surface area contributed by atoms with Crippen molar-refractivity contribution in [1.29, 1.82) is 0 Å². The van der Waals surface area contributed by atoms with E-state index in [4.69, 9.17) is 15.2 Å². The number of rotatable bonds is 5. The lowest BCUT2D eigenvalue weighted by Crippen LogP contribution is -2.00. The van der Waals surface area contributed by atoms with Crippen molar-refractivity contribution in [1.82, 2.24) is 4.98 Å². The SMILES string of the molecule is CCOc1cc(CN)ccc1Oc1ncc(C)cc1Br. The number of ether oxygens (including phenoxy) is 2. The van der Waals surface area contributed by atoms with Gasteiger partial charge in [0.25, 0.3) is 0 Å². The molecular weight excluding hydrogens is 320 g/mol. The Balaban J connectivity index is 2.32. The highest BCUT2D eigenvalue weighted by Crippen LogP contribution is 2.34. The van der Waals surface area contributed by atoms with Crippen molar-refractivity contribution in [3.63, 3.8) is 0 Å². The number of hydrogen-bond acceptors (Lipinski definition) is 4. The van der Waals surface area contributed by atoms with Gasteiger partial charge in [0, 0.05) is 12.7 Å². The van der Waals surface area contributed by atoms with E-state index in [1.165, 1.54) is 0 Å². The van der Waals surface area contributed by atoms with Crippen LogP contribution in [0.25, 0.3) is 0 Å². The van der Waals surface area contributed by atoms with Crippen molar-refractivity contribution < 1.29 is 9.47 Å². The summed E-state index contributed by atoms with van der Waals surface area (Å²) >= 11 is 3.45. The summed E-state index contributed by atoms with van der Waals surface area (Å²) in [6, 6.07) is 7.61. The van der Waals surface area contributed by atoms with Gasteiger partial charge in [0.1, 0.15) is 0 Å². The molecule has 0 bridgehead atoms. The molecule has 0 spiro atoms. The second-order valence-electron chi connectivity index (χ2n) is 4.32. The van der Waals surface area contributed by atoms with Crippen molar-refractivity contribution in [3.8, 4) is 17.4 Å². The topological polar surface area (TPSA) is 57.4 Å². The quantitative estimate of drug-likeness (QED) is 0.902. The Morgan fingerprint density at radius 2 is 2.05 bits per heavy atom. The van der Waals surface area contributed by atoms with Gasteiger partial charge in [-0.05, 0) is 59.1 Å². The van der Waals surface area contributed by atoms with Crippen LogP contribution in [-0.4, -0.2) is 11.6 Å². The summed E-state index contributed by atoms with van der Waals surface area (Å²) in [6.45, 7) is 4.93. The lowest BCUT2D eigenvalue weighted by atomic mass is 10.2. The highest BCUT2D eigenvalue weighted by Gasteiger charge is 2.10. The predicted molar refractivity (Wildman–Crippen MR) is 82.3 cm³/mol. The van der Waals surface area contributed by atoms with Crippen LogP contribution in [0.15, 0.2) is 34.9 Å². The van der Waals surface area contributed by atoms with Crippen molar-refractivity contribution in [2.24, 2.45) is 5.73 Å². The van der Waals surface area contributed by atoms with Crippen LogP contribution in [0.1, 0.15) is 18.1 Å². The zero-order chi connectivity index (χ0) is 14.5. The number of halogens is 1. The molecule has 1 aromatic carbocycles. The number of pyridine rings is 1. The third-order valence-corrected chi connectivity index (χ3v) is 3.26. The molecule has 0 radical (unpaired) electrons. The van der Waals surface area contributed by atoms with Crippen LogP contribution in [0.2, 0.25) is 0 Å². The normalized spacial score (nSPS) is 10.4. The minimum atomic E-state index is 0.465. The van der Waals surface area contributed by atoms with Crippen LogP contribution < -0.4 is 15.2 Å². The van der Waals surface area contributed by atoms with Gasteiger partial charge in [0.15, 0.2) is 11.5 Å². The minimum Gasteiger partial charge on any atom is -0.490 e. The maximum atomic E-state index is 5.82. The van der Waals surface area contributed by atoms with Crippen LogP contribution in [0.5, 0.6) is 17.4 Å². The molecule has 1 heterocycles. The summed E-state index contributed by atoms with van der Waals surface area (Å²) in [5.74, 6) is 1.81. The number of benzene rings is 1. The Bertz CT molecular complexity index is 602. The van der Waals surface area contributed by atoms with Gasteiger partial charge in [0.2, 0.25) is 5.88 Å². The molecule has 0 unspecified atom stereocenters. The van der Waals surface area contributed by atoms with Crippen LogP contribution >= 0.6 is 15.9 Å². The molecule has 0 aliphatic heterocycles. The first-order chi connectivity index (χ1) is 9.63. The van der Waals surface area contributed by atoms with E-state index in [-0.39, 0.29) is 0 Å². The smallest absolute Gasteiger partial charge is 0.233 e. The van der Waals surface area contributed by atoms with Crippen molar-refractivity contribution in [2.75, 3.05) is 6.61 Å². The standard InChI is InChI=1S/C15H17BrN2O2/c1-3-19-14-7-11(8-17)4-5-13(14)20-15-12(16)6-10(2)9-18-15/h4-7,9H,3,8,17H2,1-2H3. The van der Waals surface area contributed by atoms with Crippen LogP contribution in [-0.2, 0) is 6.54 Å². The fourth-order valence-electron chi connectivity index (χ4n) is 1.73. The molecule has 106 valence electrons. The summed E-state index contributed by atoms with van der Waals surface area (Å²) in [5, 5.41) is 0. The van der Waals surface area contributed by atoms with E-state index in [9.17, 15) is 0 Å². The van der Waals surface area contributed by atoms with E-state index in [0.717, 1.165) is 15.6 Å². The summed E-state index contributed by atoms with van der Waals surface area (Å²) < 4.78 is 12.2. The molecule has 0 saturated heterocycles. The van der Waals surface area contributed by atoms with Gasteiger partial charge >= 0.3 is 0 Å². The molecule has 2 N–H and O–H groups in total. The molecule has 0 amide bonds. The maximum absolute atomic E-state index is 5.82. The second-order valence-corrected chi connectivity index (χ2v) is 5.17. The Kier molecular flexibility index (Phi) is 4.98. The molecule has 0 aliphatic rings. The third kappa shape index (κ3) is 3.49. The van der Waals surface area contributed by atoms with E-state index in [0.29, 0.717) is 30.5 Å². The van der Waals surface area contributed by atoms with Gasteiger partial charge in [-0.15, -0.1) is 0 Å². The Labute approximate surface area is 127 Å². The summed E-state index contributed by atoms with van der Waals surface area (Å²) in [5.41, 5.74) is 7.70. The highest BCUT2D eigenvalue weighted by atomic mass is 79.9. The molecule has 2 rings (SSSR count). The fraction of sp³-hybridized carbons (Fsp3) is 0.267. The number of aryl methyl sites for hydroxylation is 1. The van der Waals surface area contributed by atoms with Gasteiger partial charge in [-0.2, -0.15) is 0 Å². The molecular formula is C15H17BrN2O2. The Hall–Kier alpha value is -1.59. The number of nitrogens with two attached hydrogens (primary N) is 1. The van der Waals surface area contributed by atoms with Crippen LogP contribution in [0.3, 0.4) is 0 Å². The van der Waals surface area contributed by atoms with Gasteiger partial charge < -0.3 is 15.2 Å². The van der Waals surface area contributed by atoms with E-state index < -0.39 is 0 Å². The summed E-state index contributed by atoms with van der Waals surface area (Å²) in [7, 11) is 0.